The van der Waals surface area contributed by atoms with Gasteiger partial charge in [0.05, 0.1) is 6.26 Å². The Kier molecular flexibility index (Phi) is 3.54. The first kappa shape index (κ1) is 10.1. The van der Waals surface area contributed by atoms with Crippen LogP contribution in [0.25, 0.3) is 0 Å². The van der Waals surface area contributed by atoms with Crippen LogP contribution in [-0.2, 0) is 0 Å². The highest BCUT2D eigenvalue weighted by Gasteiger charge is 2.13. The molecule has 2 heterocycles. The molecule has 0 bridgehead atoms. The first-order chi connectivity index (χ1) is 6.86. The van der Waals surface area contributed by atoms with Gasteiger partial charge in [0.1, 0.15) is 5.76 Å². The molecule has 1 unspecified atom stereocenters. The van der Waals surface area contributed by atoms with Crippen LogP contribution in [0, 0.1) is 12.8 Å². The van der Waals surface area contributed by atoms with E-state index in [-0.39, 0.29) is 0 Å². The highest BCUT2D eigenvalue weighted by molar-refractivity contribution is 7.99. The SMILES string of the molecule is Cc1occc1SCC1CCCNC1. The van der Waals surface area contributed by atoms with Gasteiger partial charge in [0, 0.05) is 10.6 Å². The molecule has 1 saturated heterocycles. The average Bonchev–Trinajstić information content (AvgIpc) is 2.63. The average molecular weight is 211 g/mol. The van der Waals surface area contributed by atoms with Gasteiger partial charge in [-0.15, -0.1) is 11.8 Å². The second-order valence-electron chi connectivity index (χ2n) is 3.86. The summed E-state index contributed by atoms with van der Waals surface area (Å²) in [5.41, 5.74) is 0. The number of hydrogen-bond acceptors (Lipinski definition) is 3. The van der Waals surface area contributed by atoms with Crippen LogP contribution < -0.4 is 5.32 Å². The maximum atomic E-state index is 5.27. The van der Waals surface area contributed by atoms with Crippen molar-refractivity contribution in [3.63, 3.8) is 0 Å². The Bertz CT molecular complexity index is 279. The first-order valence-corrected chi connectivity index (χ1v) is 6.22. The van der Waals surface area contributed by atoms with Gasteiger partial charge in [-0.2, -0.15) is 0 Å². The van der Waals surface area contributed by atoms with Gasteiger partial charge >= 0.3 is 0 Å². The third-order valence-electron chi connectivity index (χ3n) is 2.68. The van der Waals surface area contributed by atoms with Crippen molar-refractivity contribution < 1.29 is 4.42 Å². The fourth-order valence-corrected chi connectivity index (χ4v) is 2.90. The Labute approximate surface area is 89.4 Å². The molecule has 1 N–H and O–H groups in total. The van der Waals surface area contributed by atoms with Crippen LogP contribution >= 0.6 is 11.8 Å². The third kappa shape index (κ3) is 2.55. The van der Waals surface area contributed by atoms with Gasteiger partial charge in [-0.25, -0.2) is 0 Å². The van der Waals surface area contributed by atoms with E-state index in [1.54, 1.807) is 6.26 Å². The molecular weight excluding hydrogens is 194 g/mol. The fourth-order valence-electron chi connectivity index (χ4n) is 1.80. The summed E-state index contributed by atoms with van der Waals surface area (Å²) in [5, 5.41) is 3.44. The molecule has 1 fully saturated rings. The van der Waals surface area contributed by atoms with E-state index in [0.717, 1.165) is 11.7 Å². The van der Waals surface area contributed by atoms with E-state index in [0.29, 0.717) is 0 Å². The lowest BCUT2D eigenvalue weighted by Gasteiger charge is -2.21. The van der Waals surface area contributed by atoms with Gasteiger partial charge in [-0.1, -0.05) is 0 Å². The van der Waals surface area contributed by atoms with Crippen molar-refractivity contribution in [3.05, 3.63) is 18.1 Å². The molecule has 14 heavy (non-hydrogen) atoms. The molecule has 0 aliphatic carbocycles. The summed E-state index contributed by atoms with van der Waals surface area (Å²) >= 11 is 1.93. The second-order valence-corrected chi connectivity index (χ2v) is 4.93. The molecule has 2 nitrogen and oxygen atoms in total. The molecule has 78 valence electrons. The largest absolute Gasteiger partial charge is 0.468 e. The molecule has 1 aromatic heterocycles. The lowest BCUT2D eigenvalue weighted by Crippen LogP contribution is -2.30. The second kappa shape index (κ2) is 4.89. The number of thioether (sulfide) groups is 1. The van der Waals surface area contributed by atoms with E-state index >= 15 is 0 Å². The summed E-state index contributed by atoms with van der Waals surface area (Å²) in [4.78, 5) is 1.30. The standard InChI is InChI=1S/C11H17NOS/c1-9-11(4-6-13-9)14-8-10-3-2-5-12-7-10/h4,6,10,12H,2-3,5,7-8H2,1H3. The molecule has 3 heteroatoms. The van der Waals surface area contributed by atoms with E-state index in [9.17, 15) is 0 Å². The van der Waals surface area contributed by atoms with Crippen molar-refractivity contribution in [1.29, 1.82) is 0 Å². The number of nitrogens with one attached hydrogen (secondary N) is 1. The van der Waals surface area contributed by atoms with E-state index < -0.39 is 0 Å². The van der Waals surface area contributed by atoms with E-state index in [1.165, 1.54) is 36.6 Å². The minimum atomic E-state index is 0.836. The maximum absolute atomic E-state index is 5.27. The van der Waals surface area contributed by atoms with Gasteiger partial charge in [0.2, 0.25) is 0 Å². The number of rotatable bonds is 3. The highest BCUT2D eigenvalue weighted by atomic mass is 32.2. The smallest absolute Gasteiger partial charge is 0.114 e. The van der Waals surface area contributed by atoms with Crippen LogP contribution in [0.4, 0.5) is 0 Å². The molecule has 1 atom stereocenters. The summed E-state index contributed by atoms with van der Waals surface area (Å²) in [6.45, 7) is 4.41. The van der Waals surface area contributed by atoms with E-state index in [4.69, 9.17) is 4.42 Å². The van der Waals surface area contributed by atoms with Gasteiger partial charge in [-0.05, 0) is 44.8 Å². The summed E-state index contributed by atoms with van der Waals surface area (Å²) in [6.07, 6.45) is 4.48. The Hall–Kier alpha value is -0.410. The Morgan fingerprint density at radius 1 is 1.64 bits per heavy atom. The van der Waals surface area contributed by atoms with Crippen molar-refractivity contribution in [2.24, 2.45) is 5.92 Å². The van der Waals surface area contributed by atoms with Crippen molar-refractivity contribution in [2.45, 2.75) is 24.7 Å². The molecule has 0 saturated carbocycles. The molecule has 2 rings (SSSR count). The van der Waals surface area contributed by atoms with Crippen LogP contribution in [0.15, 0.2) is 21.6 Å². The van der Waals surface area contributed by atoms with Crippen molar-refractivity contribution in [3.8, 4) is 0 Å². The van der Waals surface area contributed by atoms with E-state index in [2.05, 4.69) is 11.4 Å². The Balaban J connectivity index is 1.79. The van der Waals surface area contributed by atoms with Crippen LogP contribution in [-0.4, -0.2) is 18.8 Å². The van der Waals surface area contributed by atoms with Crippen molar-refractivity contribution in [2.75, 3.05) is 18.8 Å². The topological polar surface area (TPSA) is 25.2 Å². The minimum Gasteiger partial charge on any atom is -0.468 e. The first-order valence-electron chi connectivity index (χ1n) is 5.24. The summed E-state index contributed by atoms with van der Waals surface area (Å²) in [5.74, 6) is 3.11. The molecule has 0 radical (unpaired) electrons. The number of furan rings is 1. The van der Waals surface area contributed by atoms with Crippen LogP contribution in [0.1, 0.15) is 18.6 Å². The zero-order valence-corrected chi connectivity index (χ0v) is 9.40. The van der Waals surface area contributed by atoms with Gasteiger partial charge in [0.15, 0.2) is 0 Å². The number of piperidine rings is 1. The zero-order valence-electron chi connectivity index (χ0n) is 8.58. The molecule has 0 amide bonds. The number of hydrogen-bond donors (Lipinski definition) is 1. The quantitative estimate of drug-likeness (QED) is 0.778. The van der Waals surface area contributed by atoms with Crippen molar-refractivity contribution in [1.82, 2.24) is 5.32 Å². The predicted molar refractivity (Wildman–Crippen MR) is 59.8 cm³/mol. The normalized spacial score (nSPS) is 22.5. The summed E-state index contributed by atoms with van der Waals surface area (Å²) in [6, 6.07) is 2.07. The van der Waals surface area contributed by atoms with E-state index in [1.807, 2.05) is 18.7 Å². The number of aryl methyl sites for hydroxylation is 1. The molecule has 0 aromatic carbocycles. The van der Waals surface area contributed by atoms with Crippen LogP contribution in [0.2, 0.25) is 0 Å². The molecule has 1 aliphatic rings. The summed E-state index contributed by atoms with van der Waals surface area (Å²) in [7, 11) is 0. The van der Waals surface area contributed by atoms with Crippen LogP contribution in [0.5, 0.6) is 0 Å². The van der Waals surface area contributed by atoms with Crippen molar-refractivity contribution >= 4 is 11.8 Å². The minimum absolute atomic E-state index is 0.836. The lowest BCUT2D eigenvalue weighted by molar-refractivity contribution is 0.410. The molecule has 1 aromatic rings. The molecule has 1 aliphatic heterocycles. The Morgan fingerprint density at radius 2 is 2.57 bits per heavy atom. The zero-order chi connectivity index (χ0) is 9.80. The maximum Gasteiger partial charge on any atom is 0.114 e. The predicted octanol–water partition coefficient (Wildman–Crippen LogP) is 2.68. The molecule has 0 spiro atoms. The van der Waals surface area contributed by atoms with Gasteiger partial charge in [0.25, 0.3) is 0 Å². The lowest BCUT2D eigenvalue weighted by atomic mass is 10.0. The highest BCUT2D eigenvalue weighted by Crippen LogP contribution is 2.26. The van der Waals surface area contributed by atoms with Gasteiger partial charge < -0.3 is 9.73 Å². The fraction of sp³-hybridized carbons (Fsp3) is 0.636. The monoisotopic (exact) mass is 211 g/mol. The van der Waals surface area contributed by atoms with Crippen LogP contribution in [0.3, 0.4) is 0 Å². The summed E-state index contributed by atoms with van der Waals surface area (Å²) < 4.78 is 5.27. The molecular formula is C11H17NOS. The Morgan fingerprint density at radius 3 is 3.21 bits per heavy atom. The third-order valence-corrected chi connectivity index (χ3v) is 4.06. The van der Waals surface area contributed by atoms with Gasteiger partial charge in [-0.3, -0.25) is 0 Å².